The summed E-state index contributed by atoms with van der Waals surface area (Å²) in [5.41, 5.74) is 2.50. The number of rotatable bonds is 5. The number of hydrogen-bond donors (Lipinski definition) is 1. The molecular formula is C14H22N2O2S. The monoisotopic (exact) mass is 282 g/mol. The third-order valence-corrected chi connectivity index (χ3v) is 4.94. The van der Waals surface area contributed by atoms with E-state index < -0.39 is 10.0 Å². The van der Waals surface area contributed by atoms with Gasteiger partial charge < -0.3 is 4.90 Å². The zero-order valence-corrected chi connectivity index (χ0v) is 12.5. The smallest absolute Gasteiger partial charge is 0.240 e. The summed E-state index contributed by atoms with van der Waals surface area (Å²) in [6, 6.07) is 5.53. The van der Waals surface area contributed by atoms with Crippen molar-refractivity contribution >= 4 is 10.0 Å². The lowest BCUT2D eigenvalue weighted by atomic mass is 9.92. The molecular weight excluding hydrogens is 260 g/mol. The highest BCUT2D eigenvalue weighted by Gasteiger charge is 2.17. The van der Waals surface area contributed by atoms with Gasteiger partial charge in [-0.05, 0) is 63.0 Å². The molecule has 0 fully saturated rings. The van der Waals surface area contributed by atoms with E-state index >= 15 is 0 Å². The number of likely N-dealkylation sites (N-methyl/N-ethyl adjacent to an activating group) is 1. The van der Waals surface area contributed by atoms with E-state index in [0.717, 1.165) is 19.3 Å². The SMILES string of the molecule is CN(C)CCNS(=O)(=O)c1ccc2c(c1)CCCC2. The van der Waals surface area contributed by atoms with Gasteiger partial charge in [-0.3, -0.25) is 0 Å². The molecule has 0 saturated heterocycles. The average Bonchev–Trinajstić information content (AvgIpc) is 2.37. The van der Waals surface area contributed by atoms with Crippen molar-refractivity contribution in [3.8, 4) is 0 Å². The van der Waals surface area contributed by atoms with E-state index in [0.29, 0.717) is 18.0 Å². The Kier molecular flexibility index (Phi) is 4.60. The van der Waals surface area contributed by atoms with Crippen LogP contribution in [0.3, 0.4) is 0 Å². The Morgan fingerprint density at radius 1 is 1.16 bits per heavy atom. The molecule has 0 spiro atoms. The molecule has 2 rings (SSSR count). The van der Waals surface area contributed by atoms with Crippen molar-refractivity contribution < 1.29 is 8.42 Å². The summed E-state index contributed by atoms with van der Waals surface area (Å²) in [5.74, 6) is 0. The zero-order valence-electron chi connectivity index (χ0n) is 11.6. The molecule has 106 valence electrons. The highest BCUT2D eigenvalue weighted by Crippen LogP contribution is 2.23. The van der Waals surface area contributed by atoms with Crippen molar-refractivity contribution in [1.29, 1.82) is 0 Å². The summed E-state index contributed by atoms with van der Waals surface area (Å²) >= 11 is 0. The van der Waals surface area contributed by atoms with Crippen molar-refractivity contribution in [3.63, 3.8) is 0 Å². The molecule has 0 aliphatic heterocycles. The molecule has 1 aromatic rings. The summed E-state index contributed by atoms with van der Waals surface area (Å²) in [5, 5.41) is 0. The zero-order chi connectivity index (χ0) is 13.9. The van der Waals surface area contributed by atoms with E-state index in [1.54, 1.807) is 6.07 Å². The number of benzene rings is 1. The third kappa shape index (κ3) is 3.78. The molecule has 0 saturated carbocycles. The third-order valence-electron chi connectivity index (χ3n) is 3.48. The fraction of sp³-hybridized carbons (Fsp3) is 0.571. The summed E-state index contributed by atoms with van der Waals surface area (Å²) < 4.78 is 27.0. The summed E-state index contributed by atoms with van der Waals surface area (Å²) in [6.45, 7) is 1.14. The molecule has 0 bridgehead atoms. The molecule has 0 heterocycles. The lowest BCUT2D eigenvalue weighted by Crippen LogP contribution is -2.31. The number of aryl methyl sites for hydroxylation is 2. The molecule has 19 heavy (non-hydrogen) atoms. The number of nitrogens with one attached hydrogen (secondary N) is 1. The van der Waals surface area contributed by atoms with Crippen LogP contribution in [0.5, 0.6) is 0 Å². The number of sulfonamides is 1. The van der Waals surface area contributed by atoms with E-state index in [-0.39, 0.29) is 0 Å². The Hall–Kier alpha value is -0.910. The van der Waals surface area contributed by atoms with Gasteiger partial charge in [0.05, 0.1) is 4.90 Å². The second-order valence-electron chi connectivity index (χ2n) is 5.34. The number of hydrogen-bond acceptors (Lipinski definition) is 3. The van der Waals surface area contributed by atoms with Gasteiger partial charge in [-0.15, -0.1) is 0 Å². The minimum absolute atomic E-state index is 0.395. The van der Waals surface area contributed by atoms with Gasteiger partial charge in [-0.25, -0.2) is 13.1 Å². The minimum atomic E-state index is -3.37. The molecule has 0 aromatic heterocycles. The number of fused-ring (bicyclic) bond motifs is 1. The first kappa shape index (κ1) is 14.5. The Balaban J connectivity index is 2.12. The van der Waals surface area contributed by atoms with Gasteiger partial charge in [0.25, 0.3) is 0 Å². The van der Waals surface area contributed by atoms with Crippen LogP contribution in [-0.2, 0) is 22.9 Å². The molecule has 5 heteroatoms. The average molecular weight is 282 g/mol. The van der Waals surface area contributed by atoms with Crippen LogP contribution in [0.2, 0.25) is 0 Å². The predicted octanol–water partition coefficient (Wildman–Crippen LogP) is 1.41. The Morgan fingerprint density at radius 3 is 2.53 bits per heavy atom. The number of nitrogens with zero attached hydrogens (tertiary/aromatic N) is 1. The van der Waals surface area contributed by atoms with Gasteiger partial charge in [-0.2, -0.15) is 0 Å². The van der Waals surface area contributed by atoms with Crippen LogP contribution in [0.4, 0.5) is 0 Å². The van der Waals surface area contributed by atoms with Gasteiger partial charge in [-0.1, -0.05) is 6.07 Å². The Bertz CT molecular complexity index is 538. The highest BCUT2D eigenvalue weighted by atomic mass is 32.2. The van der Waals surface area contributed by atoms with Gasteiger partial charge >= 0.3 is 0 Å². The lowest BCUT2D eigenvalue weighted by Gasteiger charge is -2.17. The molecule has 1 aliphatic carbocycles. The largest absolute Gasteiger partial charge is 0.308 e. The topological polar surface area (TPSA) is 49.4 Å². The second-order valence-corrected chi connectivity index (χ2v) is 7.11. The van der Waals surface area contributed by atoms with Crippen molar-refractivity contribution in [2.45, 2.75) is 30.6 Å². The second kappa shape index (κ2) is 6.03. The van der Waals surface area contributed by atoms with Gasteiger partial charge in [0, 0.05) is 13.1 Å². The minimum Gasteiger partial charge on any atom is -0.308 e. The molecule has 0 amide bonds. The summed E-state index contributed by atoms with van der Waals surface area (Å²) in [4.78, 5) is 2.35. The molecule has 4 nitrogen and oxygen atoms in total. The van der Waals surface area contributed by atoms with Crippen LogP contribution < -0.4 is 4.72 Å². The molecule has 1 aliphatic rings. The van der Waals surface area contributed by atoms with Crippen LogP contribution in [0.1, 0.15) is 24.0 Å². The molecule has 0 atom stereocenters. The lowest BCUT2D eigenvalue weighted by molar-refractivity contribution is 0.412. The van der Waals surface area contributed by atoms with Crippen molar-refractivity contribution in [3.05, 3.63) is 29.3 Å². The van der Waals surface area contributed by atoms with Gasteiger partial charge in [0.2, 0.25) is 10.0 Å². The van der Waals surface area contributed by atoms with Crippen molar-refractivity contribution in [2.75, 3.05) is 27.2 Å². The van der Waals surface area contributed by atoms with Crippen LogP contribution in [0.25, 0.3) is 0 Å². The van der Waals surface area contributed by atoms with Gasteiger partial charge in [0.15, 0.2) is 0 Å². The van der Waals surface area contributed by atoms with E-state index in [4.69, 9.17) is 0 Å². The van der Waals surface area contributed by atoms with Crippen molar-refractivity contribution in [2.24, 2.45) is 0 Å². The molecule has 1 N–H and O–H groups in total. The Labute approximate surface area is 115 Å². The normalized spacial score (nSPS) is 15.5. The molecule has 1 aromatic carbocycles. The summed E-state index contributed by atoms with van der Waals surface area (Å²) in [7, 11) is 0.482. The first-order chi connectivity index (χ1) is 8.99. The predicted molar refractivity (Wildman–Crippen MR) is 76.8 cm³/mol. The molecule has 0 unspecified atom stereocenters. The quantitative estimate of drug-likeness (QED) is 0.888. The van der Waals surface area contributed by atoms with Crippen LogP contribution in [-0.4, -0.2) is 40.5 Å². The first-order valence-corrected chi connectivity index (χ1v) is 8.23. The maximum Gasteiger partial charge on any atom is 0.240 e. The Morgan fingerprint density at radius 2 is 1.84 bits per heavy atom. The van der Waals surface area contributed by atoms with Crippen molar-refractivity contribution in [1.82, 2.24) is 9.62 Å². The van der Waals surface area contributed by atoms with Crippen LogP contribution >= 0.6 is 0 Å². The van der Waals surface area contributed by atoms with E-state index in [2.05, 4.69) is 4.72 Å². The van der Waals surface area contributed by atoms with Crippen LogP contribution in [0.15, 0.2) is 23.1 Å². The fourth-order valence-corrected chi connectivity index (χ4v) is 3.44. The van der Waals surface area contributed by atoms with E-state index in [9.17, 15) is 8.42 Å². The van der Waals surface area contributed by atoms with E-state index in [1.807, 2.05) is 31.1 Å². The fourth-order valence-electron chi connectivity index (χ4n) is 2.36. The highest BCUT2D eigenvalue weighted by molar-refractivity contribution is 7.89. The molecule has 0 radical (unpaired) electrons. The van der Waals surface area contributed by atoms with E-state index in [1.165, 1.54) is 17.5 Å². The summed E-state index contributed by atoms with van der Waals surface area (Å²) in [6.07, 6.45) is 4.44. The maximum atomic E-state index is 12.2. The maximum absolute atomic E-state index is 12.2. The first-order valence-electron chi connectivity index (χ1n) is 6.75. The standard InChI is InChI=1S/C14H22N2O2S/c1-16(2)10-9-15-19(17,18)14-8-7-12-5-3-4-6-13(12)11-14/h7-8,11,15H,3-6,9-10H2,1-2H3. The van der Waals surface area contributed by atoms with Crippen LogP contribution in [0, 0.1) is 0 Å². The van der Waals surface area contributed by atoms with Gasteiger partial charge in [0.1, 0.15) is 0 Å².